The lowest BCUT2D eigenvalue weighted by Crippen LogP contribution is -2.38. The Morgan fingerprint density at radius 2 is 1.43 bits per heavy atom. The van der Waals surface area contributed by atoms with Crippen molar-refractivity contribution in [3.05, 3.63) is 107 Å². The van der Waals surface area contributed by atoms with Crippen molar-refractivity contribution in [1.29, 1.82) is 0 Å². The molecule has 220 valence electrons. The standard InChI is InChI=1S/C30H30ClN3O6S2/c1-4-40-29-8-6-5-7-28(29)34(42(38,39)27-15-10-23(31)11-16-27)20-30(35)32-24-13-17-26(18-14-24)41(36,37)33-25-12-9-21(2)22(3)19-25/h5-19,33H,4,20H2,1-3H3,(H,32,35). The summed E-state index contributed by atoms with van der Waals surface area (Å²) in [5.41, 5.74) is 2.89. The van der Waals surface area contributed by atoms with E-state index >= 15 is 0 Å². The van der Waals surface area contributed by atoms with Crippen molar-refractivity contribution in [1.82, 2.24) is 0 Å². The Morgan fingerprint density at radius 3 is 2.07 bits per heavy atom. The molecule has 0 saturated heterocycles. The van der Waals surface area contributed by atoms with Crippen molar-refractivity contribution in [3.63, 3.8) is 0 Å². The number of rotatable bonds is 11. The predicted molar refractivity (Wildman–Crippen MR) is 165 cm³/mol. The Balaban J connectivity index is 1.56. The minimum Gasteiger partial charge on any atom is -0.492 e. The molecule has 1 amide bonds. The number of carbonyl (C=O) groups is 1. The Labute approximate surface area is 251 Å². The first-order chi connectivity index (χ1) is 19.9. The van der Waals surface area contributed by atoms with E-state index in [0.29, 0.717) is 10.7 Å². The zero-order valence-electron chi connectivity index (χ0n) is 23.2. The highest BCUT2D eigenvalue weighted by Crippen LogP contribution is 2.33. The van der Waals surface area contributed by atoms with E-state index in [-0.39, 0.29) is 33.5 Å². The van der Waals surface area contributed by atoms with Crippen LogP contribution >= 0.6 is 11.6 Å². The van der Waals surface area contributed by atoms with E-state index in [1.165, 1.54) is 48.5 Å². The molecule has 0 atom stereocenters. The number of ether oxygens (including phenoxy) is 1. The first kappa shape index (κ1) is 30.9. The molecule has 0 aromatic heterocycles. The summed E-state index contributed by atoms with van der Waals surface area (Å²) in [7, 11) is -8.09. The molecule has 12 heteroatoms. The second-order valence-electron chi connectivity index (χ2n) is 9.34. The van der Waals surface area contributed by atoms with Crippen LogP contribution in [0.2, 0.25) is 5.02 Å². The Morgan fingerprint density at radius 1 is 0.810 bits per heavy atom. The van der Waals surface area contributed by atoms with E-state index < -0.39 is 32.5 Å². The summed E-state index contributed by atoms with van der Waals surface area (Å²) in [6, 6.07) is 22.9. The molecule has 0 bridgehead atoms. The minimum absolute atomic E-state index is 0.00342. The van der Waals surface area contributed by atoms with Gasteiger partial charge in [-0.1, -0.05) is 29.8 Å². The van der Waals surface area contributed by atoms with Gasteiger partial charge < -0.3 is 10.1 Å². The van der Waals surface area contributed by atoms with Crippen molar-refractivity contribution in [2.24, 2.45) is 0 Å². The van der Waals surface area contributed by atoms with Gasteiger partial charge in [0, 0.05) is 16.4 Å². The zero-order chi connectivity index (χ0) is 30.5. The number of hydrogen-bond acceptors (Lipinski definition) is 6. The van der Waals surface area contributed by atoms with Crippen LogP contribution in [0.3, 0.4) is 0 Å². The van der Waals surface area contributed by atoms with Crippen LogP contribution in [0.15, 0.2) is 101 Å². The van der Waals surface area contributed by atoms with Gasteiger partial charge in [0.1, 0.15) is 12.3 Å². The lowest BCUT2D eigenvalue weighted by molar-refractivity contribution is -0.114. The summed E-state index contributed by atoms with van der Waals surface area (Å²) in [5.74, 6) is -0.362. The maximum atomic E-state index is 13.7. The fraction of sp³-hybridized carbons (Fsp3) is 0.167. The van der Waals surface area contributed by atoms with Gasteiger partial charge in [-0.2, -0.15) is 0 Å². The second kappa shape index (κ2) is 12.8. The molecule has 9 nitrogen and oxygen atoms in total. The number of amides is 1. The summed E-state index contributed by atoms with van der Waals surface area (Å²) >= 11 is 5.96. The molecule has 0 fully saturated rings. The largest absolute Gasteiger partial charge is 0.492 e. The molecule has 0 heterocycles. The fourth-order valence-electron chi connectivity index (χ4n) is 4.04. The molecule has 0 saturated carbocycles. The summed E-state index contributed by atoms with van der Waals surface area (Å²) in [6.07, 6.45) is 0. The first-order valence-electron chi connectivity index (χ1n) is 12.9. The van der Waals surface area contributed by atoms with E-state index in [0.717, 1.165) is 15.4 Å². The highest BCUT2D eigenvalue weighted by Gasteiger charge is 2.29. The third-order valence-corrected chi connectivity index (χ3v) is 9.75. The maximum absolute atomic E-state index is 13.7. The van der Waals surface area contributed by atoms with Gasteiger partial charge in [-0.3, -0.25) is 13.8 Å². The molecule has 4 rings (SSSR count). The molecule has 0 aliphatic heterocycles. The molecular formula is C30H30ClN3O6S2. The molecule has 0 spiro atoms. The monoisotopic (exact) mass is 627 g/mol. The van der Waals surface area contributed by atoms with Crippen LogP contribution in [-0.4, -0.2) is 35.9 Å². The van der Waals surface area contributed by atoms with Crippen LogP contribution < -0.4 is 19.1 Å². The van der Waals surface area contributed by atoms with Gasteiger partial charge in [0.05, 0.1) is 22.1 Å². The van der Waals surface area contributed by atoms with Crippen LogP contribution in [0.25, 0.3) is 0 Å². The van der Waals surface area contributed by atoms with Crippen LogP contribution in [-0.2, 0) is 24.8 Å². The van der Waals surface area contributed by atoms with E-state index in [9.17, 15) is 21.6 Å². The summed E-state index contributed by atoms with van der Waals surface area (Å²) in [6.45, 7) is 5.30. The first-order valence-corrected chi connectivity index (χ1v) is 16.2. The molecular weight excluding hydrogens is 598 g/mol. The topological polar surface area (TPSA) is 122 Å². The number of nitrogens with zero attached hydrogens (tertiary/aromatic N) is 1. The zero-order valence-corrected chi connectivity index (χ0v) is 25.6. The van der Waals surface area contributed by atoms with Crippen LogP contribution in [0.1, 0.15) is 18.1 Å². The normalized spacial score (nSPS) is 11.5. The number of aryl methyl sites for hydroxylation is 2. The van der Waals surface area contributed by atoms with Crippen LogP contribution in [0, 0.1) is 13.8 Å². The van der Waals surface area contributed by atoms with Gasteiger partial charge >= 0.3 is 0 Å². The van der Waals surface area contributed by atoms with Gasteiger partial charge in [0.15, 0.2) is 0 Å². The average molecular weight is 628 g/mol. The quantitative estimate of drug-likeness (QED) is 0.211. The fourth-order valence-corrected chi connectivity index (χ4v) is 6.65. The Bertz CT molecular complexity index is 1790. The van der Waals surface area contributed by atoms with E-state index in [4.69, 9.17) is 16.3 Å². The number of sulfonamides is 2. The number of halogens is 1. The Hall–Kier alpha value is -4.06. The van der Waals surface area contributed by atoms with Gasteiger partial charge in [-0.25, -0.2) is 16.8 Å². The minimum atomic E-state index is -4.21. The van der Waals surface area contributed by atoms with Crippen LogP contribution in [0.4, 0.5) is 17.1 Å². The number of nitrogens with one attached hydrogen (secondary N) is 2. The summed E-state index contributed by atoms with van der Waals surface area (Å²) in [4.78, 5) is 13.1. The van der Waals surface area contributed by atoms with E-state index in [2.05, 4.69) is 10.0 Å². The smallest absolute Gasteiger partial charge is 0.264 e. The molecule has 0 unspecified atom stereocenters. The number of anilines is 3. The lowest BCUT2D eigenvalue weighted by atomic mass is 10.1. The number of hydrogen-bond donors (Lipinski definition) is 2. The van der Waals surface area contributed by atoms with Gasteiger partial charge in [-0.05, 0) is 105 Å². The highest BCUT2D eigenvalue weighted by molar-refractivity contribution is 7.93. The lowest BCUT2D eigenvalue weighted by Gasteiger charge is -2.26. The predicted octanol–water partition coefficient (Wildman–Crippen LogP) is 5.99. The third kappa shape index (κ3) is 7.22. The van der Waals surface area contributed by atoms with Crippen molar-refractivity contribution in [2.45, 2.75) is 30.6 Å². The van der Waals surface area contributed by atoms with Crippen molar-refractivity contribution < 1.29 is 26.4 Å². The maximum Gasteiger partial charge on any atom is 0.264 e. The molecule has 4 aromatic rings. The van der Waals surface area contributed by atoms with E-state index in [1.807, 2.05) is 19.9 Å². The van der Waals surface area contributed by atoms with Crippen molar-refractivity contribution in [2.75, 3.05) is 27.5 Å². The SMILES string of the molecule is CCOc1ccccc1N(CC(=O)Nc1ccc(S(=O)(=O)Nc2ccc(C)c(C)c2)cc1)S(=O)(=O)c1ccc(Cl)cc1. The number of benzene rings is 4. The molecule has 0 aliphatic rings. The molecule has 0 aliphatic carbocycles. The van der Waals surface area contributed by atoms with Crippen molar-refractivity contribution >= 4 is 54.6 Å². The van der Waals surface area contributed by atoms with Gasteiger partial charge in [0.25, 0.3) is 20.0 Å². The average Bonchev–Trinajstić information content (AvgIpc) is 2.95. The molecule has 42 heavy (non-hydrogen) atoms. The second-order valence-corrected chi connectivity index (χ2v) is 13.3. The molecule has 0 radical (unpaired) electrons. The molecule has 4 aromatic carbocycles. The summed E-state index contributed by atoms with van der Waals surface area (Å²) in [5, 5.41) is 3.01. The van der Waals surface area contributed by atoms with E-state index in [1.54, 1.807) is 43.3 Å². The summed E-state index contributed by atoms with van der Waals surface area (Å²) < 4.78 is 62.4. The van der Waals surface area contributed by atoms with Gasteiger partial charge in [0.2, 0.25) is 5.91 Å². The van der Waals surface area contributed by atoms with Crippen LogP contribution in [0.5, 0.6) is 5.75 Å². The van der Waals surface area contributed by atoms with Crippen molar-refractivity contribution in [3.8, 4) is 5.75 Å². The van der Waals surface area contributed by atoms with Gasteiger partial charge in [-0.15, -0.1) is 0 Å². The highest BCUT2D eigenvalue weighted by atomic mass is 35.5. The number of para-hydroxylation sites is 2. The third-order valence-electron chi connectivity index (χ3n) is 6.33. The molecule has 2 N–H and O–H groups in total. The number of carbonyl (C=O) groups excluding carboxylic acids is 1. The Kier molecular flexibility index (Phi) is 9.45.